The van der Waals surface area contributed by atoms with Gasteiger partial charge in [0.1, 0.15) is 19.3 Å². The van der Waals surface area contributed by atoms with Crippen LogP contribution in [0.2, 0.25) is 0 Å². The third kappa shape index (κ3) is 8.78. The quantitative estimate of drug-likeness (QED) is 0.356. The highest BCUT2D eigenvalue weighted by Crippen LogP contribution is 2.10. The molecule has 1 N–H and O–H groups in total. The van der Waals surface area contributed by atoms with Crippen LogP contribution in [0, 0.1) is 0 Å². The summed E-state index contributed by atoms with van der Waals surface area (Å²) < 4.78 is 5.73. The molecule has 4 heteroatoms. The highest BCUT2D eigenvalue weighted by molar-refractivity contribution is 5.81. The van der Waals surface area contributed by atoms with Crippen LogP contribution in [-0.4, -0.2) is 55.0 Å². The minimum absolute atomic E-state index is 0.0525. The van der Waals surface area contributed by atoms with E-state index in [0.29, 0.717) is 6.54 Å². The number of rotatable bonds is 11. The van der Waals surface area contributed by atoms with Crippen LogP contribution in [0.4, 0.5) is 0 Å². The van der Waals surface area contributed by atoms with Crippen molar-refractivity contribution in [3.63, 3.8) is 0 Å². The molecule has 0 radical (unpaired) electrons. The third-order valence-corrected chi connectivity index (χ3v) is 3.34. The van der Waals surface area contributed by atoms with Crippen LogP contribution in [0.5, 0.6) is 0 Å². The molecular formula is C15H30NO3+. The summed E-state index contributed by atoms with van der Waals surface area (Å²) in [5.41, 5.74) is 0. The maximum atomic E-state index is 11.0. The molecule has 0 saturated heterocycles. The Labute approximate surface area is 117 Å². The number of hydrogen-bond acceptors (Lipinski definition) is 3. The topological polar surface area (TPSA) is 46.5 Å². The smallest absolute Gasteiger partial charge is 0.330 e. The predicted molar refractivity (Wildman–Crippen MR) is 77.8 cm³/mol. The van der Waals surface area contributed by atoms with Crippen LogP contribution in [0.3, 0.4) is 0 Å². The van der Waals surface area contributed by atoms with E-state index < -0.39 is 12.1 Å². The number of hydrogen-bond donors (Lipinski definition) is 1. The zero-order valence-corrected chi connectivity index (χ0v) is 12.7. The zero-order valence-electron chi connectivity index (χ0n) is 12.7. The number of ether oxygens (including phenoxy) is 1. The largest absolute Gasteiger partial charge is 0.460 e. The van der Waals surface area contributed by atoms with Crippen molar-refractivity contribution in [2.45, 2.75) is 45.6 Å². The predicted octanol–water partition coefficient (Wildman–Crippen LogP) is 2.12. The molecule has 0 fully saturated rings. The Hall–Kier alpha value is -0.870. The van der Waals surface area contributed by atoms with E-state index in [-0.39, 0.29) is 6.61 Å². The molecule has 0 aromatic carbocycles. The second kappa shape index (κ2) is 9.98. The minimum Gasteiger partial charge on any atom is -0.460 e. The second-order valence-corrected chi connectivity index (χ2v) is 5.44. The number of unbranched alkanes of at least 4 members (excludes halogenated alkanes) is 2. The van der Waals surface area contributed by atoms with Gasteiger partial charge in [-0.25, -0.2) is 4.79 Å². The van der Waals surface area contributed by atoms with Crippen molar-refractivity contribution in [2.24, 2.45) is 0 Å². The molecule has 0 bridgehead atoms. The first kappa shape index (κ1) is 18.1. The van der Waals surface area contributed by atoms with Crippen molar-refractivity contribution >= 4 is 5.97 Å². The average molecular weight is 272 g/mol. The van der Waals surface area contributed by atoms with Crippen LogP contribution < -0.4 is 0 Å². The lowest BCUT2D eigenvalue weighted by Crippen LogP contribution is -2.51. The van der Waals surface area contributed by atoms with Crippen LogP contribution in [0.15, 0.2) is 12.7 Å². The van der Waals surface area contributed by atoms with E-state index in [1.807, 2.05) is 0 Å². The van der Waals surface area contributed by atoms with Gasteiger partial charge in [0.2, 0.25) is 0 Å². The molecule has 1 atom stereocenters. The first-order valence-corrected chi connectivity index (χ1v) is 7.28. The molecule has 0 aromatic heterocycles. The molecule has 112 valence electrons. The number of aliphatic hydroxyl groups excluding tert-OH is 1. The van der Waals surface area contributed by atoms with Crippen molar-refractivity contribution in [3.8, 4) is 0 Å². The van der Waals surface area contributed by atoms with Gasteiger partial charge in [0.05, 0.1) is 20.1 Å². The first-order valence-electron chi connectivity index (χ1n) is 7.28. The van der Waals surface area contributed by atoms with Crippen LogP contribution in [-0.2, 0) is 9.53 Å². The molecule has 0 aliphatic heterocycles. The van der Waals surface area contributed by atoms with Gasteiger partial charge in [-0.3, -0.25) is 0 Å². The monoisotopic (exact) mass is 272 g/mol. The molecule has 0 saturated carbocycles. The van der Waals surface area contributed by atoms with Gasteiger partial charge in [-0.05, 0) is 12.8 Å². The SMILES string of the molecule is C=CC(=O)OCC(O)C[N+](C)(CCCC)CCCC. The number of likely N-dealkylation sites (N-methyl/N-ethyl adjacent to an activating group) is 1. The Morgan fingerprint density at radius 3 is 2.26 bits per heavy atom. The Morgan fingerprint density at radius 2 is 1.84 bits per heavy atom. The fraction of sp³-hybridized carbons (Fsp3) is 0.800. The van der Waals surface area contributed by atoms with Gasteiger partial charge in [-0.2, -0.15) is 0 Å². The summed E-state index contributed by atoms with van der Waals surface area (Å²) in [6, 6.07) is 0. The fourth-order valence-electron chi connectivity index (χ4n) is 2.17. The van der Waals surface area contributed by atoms with E-state index in [2.05, 4.69) is 27.5 Å². The molecule has 0 spiro atoms. The first-order chi connectivity index (χ1) is 8.97. The summed E-state index contributed by atoms with van der Waals surface area (Å²) in [5.74, 6) is -0.477. The van der Waals surface area contributed by atoms with E-state index in [0.717, 1.165) is 49.3 Å². The molecule has 19 heavy (non-hydrogen) atoms. The molecule has 0 rings (SSSR count). The van der Waals surface area contributed by atoms with Crippen molar-refractivity contribution in [1.82, 2.24) is 0 Å². The van der Waals surface area contributed by atoms with E-state index in [9.17, 15) is 9.90 Å². The van der Waals surface area contributed by atoms with Gasteiger partial charge in [0.25, 0.3) is 0 Å². The molecule has 0 aromatic rings. The molecule has 0 aliphatic carbocycles. The van der Waals surface area contributed by atoms with Crippen molar-refractivity contribution in [3.05, 3.63) is 12.7 Å². The molecule has 0 amide bonds. The van der Waals surface area contributed by atoms with Gasteiger partial charge in [0, 0.05) is 6.08 Å². The minimum atomic E-state index is -0.609. The lowest BCUT2D eigenvalue weighted by Gasteiger charge is -2.36. The van der Waals surface area contributed by atoms with E-state index in [1.54, 1.807) is 0 Å². The van der Waals surface area contributed by atoms with Crippen molar-refractivity contribution < 1.29 is 19.1 Å². The maximum absolute atomic E-state index is 11.0. The summed E-state index contributed by atoms with van der Waals surface area (Å²) in [6.07, 6.45) is 5.12. The van der Waals surface area contributed by atoms with E-state index in [1.165, 1.54) is 0 Å². The van der Waals surface area contributed by atoms with Crippen molar-refractivity contribution in [1.29, 1.82) is 0 Å². The Morgan fingerprint density at radius 1 is 1.32 bits per heavy atom. The van der Waals surface area contributed by atoms with Crippen LogP contribution in [0.25, 0.3) is 0 Å². The highest BCUT2D eigenvalue weighted by Gasteiger charge is 2.25. The molecule has 0 heterocycles. The fourth-order valence-corrected chi connectivity index (χ4v) is 2.17. The molecule has 4 nitrogen and oxygen atoms in total. The Balaban J connectivity index is 4.27. The van der Waals surface area contributed by atoms with E-state index >= 15 is 0 Å². The number of quaternary nitrogens is 1. The summed E-state index contributed by atoms with van der Waals surface area (Å²) >= 11 is 0. The summed E-state index contributed by atoms with van der Waals surface area (Å²) in [4.78, 5) is 11.0. The van der Waals surface area contributed by atoms with E-state index in [4.69, 9.17) is 4.74 Å². The average Bonchev–Trinajstić information content (AvgIpc) is 2.40. The number of carbonyl (C=O) groups excluding carboxylic acids is 1. The number of nitrogens with zero attached hydrogens (tertiary/aromatic N) is 1. The van der Waals surface area contributed by atoms with Crippen LogP contribution >= 0.6 is 0 Å². The summed E-state index contributed by atoms with van der Waals surface area (Å²) in [6.45, 7) is 10.5. The highest BCUT2D eigenvalue weighted by atomic mass is 16.5. The summed E-state index contributed by atoms with van der Waals surface area (Å²) in [7, 11) is 2.17. The maximum Gasteiger partial charge on any atom is 0.330 e. The molecule has 0 aliphatic rings. The second-order valence-electron chi connectivity index (χ2n) is 5.44. The standard InChI is InChI=1S/C15H30NO3/c1-5-8-10-16(4,11-9-6-2)12-14(17)13-19-15(18)7-3/h7,14,17H,3,5-6,8-13H2,1-2,4H3/q+1. The van der Waals surface area contributed by atoms with Gasteiger partial charge < -0.3 is 14.3 Å². The normalized spacial score (nSPS) is 13.1. The van der Waals surface area contributed by atoms with Crippen LogP contribution in [0.1, 0.15) is 39.5 Å². The lowest BCUT2D eigenvalue weighted by atomic mass is 10.2. The third-order valence-electron chi connectivity index (χ3n) is 3.34. The summed E-state index contributed by atoms with van der Waals surface area (Å²) in [5, 5.41) is 10.0. The lowest BCUT2D eigenvalue weighted by molar-refractivity contribution is -0.913. The number of esters is 1. The number of carbonyl (C=O) groups is 1. The Kier molecular flexibility index (Phi) is 9.53. The molecular weight excluding hydrogens is 242 g/mol. The van der Waals surface area contributed by atoms with Gasteiger partial charge >= 0.3 is 5.97 Å². The number of aliphatic hydroxyl groups is 1. The van der Waals surface area contributed by atoms with Gasteiger partial charge in [-0.15, -0.1) is 0 Å². The van der Waals surface area contributed by atoms with Crippen molar-refractivity contribution in [2.75, 3.05) is 33.3 Å². The van der Waals surface area contributed by atoms with Gasteiger partial charge in [-0.1, -0.05) is 33.3 Å². The molecule has 1 unspecified atom stereocenters. The van der Waals surface area contributed by atoms with Gasteiger partial charge in [0.15, 0.2) is 0 Å². The zero-order chi connectivity index (χ0) is 14.7. The Bertz CT molecular complexity index is 258.